The molecule has 0 bridgehead atoms. The zero-order chi connectivity index (χ0) is 12.5. The summed E-state index contributed by atoms with van der Waals surface area (Å²) >= 11 is 0. The van der Waals surface area contributed by atoms with E-state index in [4.69, 9.17) is 15.2 Å². The summed E-state index contributed by atoms with van der Waals surface area (Å²) in [6.07, 6.45) is 1.16. The molecule has 1 aromatic carbocycles. The molecule has 1 unspecified atom stereocenters. The van der Waals surface area contributed by atoms with E-state index in [1.165, 1.54) is 0 Å². The topological polar surface area (TPSA) is 90.2 Å². The molecule has 1 aliphatic heterocycles. The SMILES string of the molecule is Nc1nc(=O)[nH]c2cccc(OCC3CCO3)c12. The highest BCUT2D eigenvalue weighted by atomic mass is 16.5. The maximum absolute atomic E-state index is 11.2. The molecular formula is C12H13N3O3. The molecule has 1 aromatic heterocycles. The van der Waals surface area contributed by atoms with Crippen LogP contribution >= 0.6 is 0 Å². The van der Waals surface area contributed by atoms with Gasteiger partial charge in [0.25, 0.3) is 0 Å². The fraction of sp³-hybridized carbons (Fsp3) is 0.333. The third-order valence-corrected chi connectivity index (χ3v) is 2.96. The number of ether oxygens (including phenoxy) is 2. The number of H-pyrrole nitrogens is 1. The van der Waals surface area contributed by atoms with Gasteiger partial charge in [-0.15, -0.1) is 0 Å². The first-order valence-corrected chi connectivity index (χ1v) is 5.77. The van der Waals surface area contributed by atoms with Gasteiger partial charge < -0.3 is 20.2 Å². The smallest absolute Gasteiger partial charge is 0.347 e. The molecular weight excluding hydrogens is 234 g/mol. The van der Waals surface area contributed by atoms with E-state index in [-0.39, 0.29) is 11.9 Å². The lowest BCUT2D eigenvalue weighted by atomic mass is 10.2. The standard InChI is InChI=1S/C12H13N3O3/c13-11-10-8(14-12(16)15-11)2-1-3-9(10)18-6-7-4-5-17-7/h1-3,7H,4-6H2,(H3,13,14,15,16). The first-order chi connectivity index (χ1) is 8.74. The number of hydrogen-bond donors (Lipinski definition) is 2. The van der Waals surface area contributed by atoms with Crippen LogP contribution in [-0.2, 0) is 4.74 Å². The quantitative estimate of drug-likeness (QED) is 0.832. The van der Waals surface area contributed by atoms with Crippen LogP contribution in [0, 0.1) is 0 Å². The number of aromatic amines is 1. The third-order valence-electron chi connectivity index (χ3n) is 2.96. The Morgan fingerprint density at radius 3 is 3.11 bits per heavy atom. The van der Waals surface area contributed by atoms with Crippen LogP contribution < -0.4 is 16.2 Å². The van der Waals surface area contributed by atoms with Crippen molar-refractivity contribution in [1.29, 1.82) is 0 Å². The number of hydrogen-bond acceptors (Lipinski definition) is 5. The second-order valence-corrected chi connectivity index (χ2v) is 4.20. The van der Waals surface area contributed by atoms with Gasteiger partial charge in [0.15, 0.2) is 0 Å². The summed E-state index contributed by atoms with van der Waals surface area (Å²) in [4.78, 5) is 17.5. The number of nitrogens with two attached hydrogens (primary N) is 1. The number of nitrogens with one attached hydrogen (secondary N) is 1. The maximum atomic E-state index is 11.2. The second-order valence-electron chi connectivity index (χ2n) is 4.20. The zero-order valence-electron chi connectivity index (χ0n) is 9.68. The number of aromatic nitrogens is 2. The molecule has 3 rings (SSSR count). The fourth-order valence-corrected chi connectivity index (χ4v) is 1.93. The molecule has 0 aliphatic carbocycles. The van der Waals surface area contributed by atoms with Gasteiger partial charge in [-0.1, -0.05) is 6.07 Å². The van der Waals surface area contributed by atoms with Crippen molar-refractivity contribution >= 4 is 16.7 Å². The minimum absolute atomic E-state index is 0.150. The predicted octanol–water partition coefficient (Wildman–Crippen LogP) is 0.673. The Bertz CT molecular complexity index is 634. The molecule has 94 valence electrons. The monoisotopic (exact) mass is 247 g/mol. The van der Waals surface area contributed by atoms with E-state index in [1.54, 1.807) is 18.2 Å². The molecule has 1 fully saturated rings. The van der Waals surface area contributed by atoms with Crippen molar-refractivity contribution in [3.63, 3.8) is 0 Å². The Balaban J connectivity index is 1.97. The lowest BCUT2D eigenvalue weighted by Crippen LogP contribution is -2.32. The Morgan fingerprint density at radius 2 is 2.39 bits per heavy atom. The minimum atomic E-state index is -0.459. The second kappa shape index (κ2) is 4.30. The van der Waals surface area contributed by atoms with Gasteiger partial charge >= 0.3 is 5.69 Å². The Kier molecular flexibility index (Phi) is 2.64. The van der Waals surface area contributed by atoms with Crippen LogP contribution in [-0.4, -0.2) is 29.3 Å². The van der Waals surface area contributed by atoms with Crippen molar-refractivity contribution in [3.05, 3.63) is 28.7 Å². The summed E-state index contributed by atoms with van der Waals surface area (Å²) < 4.78 is 11.0. The van der Waals surface area contributed by atoms with Gasteiger partial charge in [0.2, 0.25) is 0 Å². The van der Waals surface area contributed by atoms with E-state index < -0.39 is 5.69 Å². The van der Waals surface area contributed by atoms with E-state index in [0.29, 0.717) is 23.3 Å². The highest BCUT2D eigenvalue weighted by Gasteiger charge is 2.19. The van der Waals surface area contributed by atoms with Crippen molar-refractivity contribution in [1.82, 2.24) is 9.97 Å². The lowest BCUT2D eigenvalue weighted by molar-refractivity contribution is -0.0718. The van der Waals surface area contributed by atoms with Gasteiger partial charge in [0.1, 0.15) is 18.2 Å². The van der Waals surface area contributed by atoms with Gasteiger partial charge in [-0.3, -0.25) is 0 Å². The number of rotatable bonds is 3. The highest BCUT2D eigenvalue weighted by Crippen LogP contribution is 2.27. The van der Waals surface area contributed by atoms with Crippen molar-refractivity contribution in [2.24, 2.45) is 0 Å². The van der Waals surface area contributed by atoms with Crippen molar-refractivity contribution in [2.75, 3.05) is 18.9 Å². The average Bonchev–Trinajstić information content (AvgIpc) is 2.26. The molecule has 0 spiro atoms. The highest BCUT2D eigenvalue weighted by molar-refractivity contribution is 5.93. The molecule has 1 atom stereocenters. The van der Waals surface area contributed by atoms with Gasteiger partial charge in [0.05, 0.1) is 17.0 Å². The fourth-order valence-electron chi connectivity index (χ4n) is 1.93. The van der Waals surface area contributed by atoms with E-state index in [0.717, 1.165) is 13.0 Å². The van der Waals surface area contributed by atoms with E-state index in [1.807, 2.05) is 0 Å². The van der Waals surface area contributed by atoms with Crippen LogP contribution in [0.1, 0.15) is 6.42 Å². The van der Waals surface area contributed by atoms with Gasteiger partial charge in [-0.25, -0.2) is 4.79 Å². The number of nitrogens with zero attached hydrogens (tertiary/aromatic N) is 1. The lowest BCUT2D eigenvalue weighted by Gasteiger charge is -2.26. The largest absolute Gasteiger partial charge is 0.490 e. The molecule has 1 aliphatic rings. The van der Waals surface area contributed by atoms with Gasteiger partial charge in [-0.2, -0.15) is 4.98 Å². The first kappa shape index (κ1) is 11.0. The predicted molar refractivity (Wildman–Crippen MR) is 66.6 cm³/mol. The minimum Gasteiger partial charge on any atom is -0.490 e. The Hall–Kier alpha value is -2.08. The summed E-state index contributed by atoms with van der Waals surface area (Å²) in [7, 11) is 0. The summed E-state index contributed by atoms with van der Waals surface area (Å²) in [5.74, 6) is 0.795. The van der Waals surface area contributed by atoms with Gasteiger partial charge in [-0.05, 0) is 12.1 Å². The van der Waals surface area contributed by atoms with Crippen LogP contribution in [0.15, 0.2) is 23.0 Å². The van der Waals surface area contributed by atoms with Crippen LogP contribution in [0.2, 0.25) is 0 Å². The molecule has 2 aromatic rings. The molecule has 0 saturated carbocycles. The Labute approximate surface area is 103 Å². The zero-order valence-corrected chi connectivity index (χ0v) is 9.68. The van der Waals surface area contributed by atoms with Crippen molar-refractivity contribution in [2.45, 2.75) is 12.5 Å². The summed E-state index contributed by atoms with van der Waals surface area (Å²) in [5.41, 5.74) is 5.93. The van der Waals surface area contributed by atoms with Gasteiger partial charge in [0, 0.05) is 13.0 Å². The molecule has 18 heavy (non-hydrogen) atoms. The summed E-state index contributed by atoms with van der Waals surface area (Å²) in [6, 6.07) is 5.37. The first-order valence-electron chi connectivity index (χ1n) is 5.77. The maximum Gasteiger partial charge on any atom is 0.347 e. The van der Waals surface area contributed by atoms with Crippen LogP contribution in [0.4, 0.5) is 5.82 Å². The normalized spacial score (nSPS) is 18.6. The summed E-state index contributed by atoms with van der Waals surface area (Å²) in [5, 5.41) is 0.636. The van der Waals surface area contributed by atoms with Crippen molar-refractivity contribution < 1.29 is 9.47 Å². The van der Waals surface area contributed by atoms with Crippen LogP contribution in [0.25, 0.3) is 10.9 Å². The molecule has 0 amide bonds. The average molecular weight is 247 g/mol. The molecule has 0 radical (unpaired) electrons. The Morgan fingerprint density at radius 1 is 1.56 bits per heavy atom. The summed E-state index contributed by atoms with van der Waals surface area (Å²) in [6.45, 7) is 1.28. The van der Waals surface area contributed by atoms with E-state index >= 15 is 0 Å². The number of nitrogen functional groups attached to an aromatic ring is 1. The molecule has 2 heterocycles. The van der Waals surface area contributed by atoms with Crippen LogP contribution in [0.3, 0.4) is 0 Å². The number of fused-ring (bicyclic) bond motifs is 1. The molecule has 3 N–H and O–H groups in total. The molecule has 6 nitrogen and oxygen atoms in total. The molecule has 1 saturated heterocycles. The van der Waals surface area contributed by atoms with E-state index in [2.05, 4.69) is 9.97 Å². The molecule has 6 heteroatoms. The van der Waals surface area contributed by atoms with Crippen LogP contribution in [0.5, 0.6) is 5.75 Å². The van der Waals surface area contributed by atoms with Crippen molar-refractivity contribution in [3.8, 4) is 5.75 Å². The number of benzene rings is 1. The third kappa shape index (κ3) is 1.91. The van der Waals surface area contributed by atoms with E-state index in [9.17, 15) is 4.79 Å². The number of anilines is 1.